The molecule has 0 heterocycles. The van der Waals surface area contributed by atoms with Gasteiger partial charge in [0.05, 0.1) is 6.61 Å². The highest BCUT2D eigenvalue weighted by atomic mass is 19.1. The summed E-state index contributed by atoms with van der Waals surface area (Å²) in [5, 5.41) is 0. The first-order valence-electron chi connectivity index (χ1n) is 13.3. The minimum atomic E-state index is -0.773. The van der Waals surface area contributed by atoms with Crippen LogP contribution in [0, 0.1) is 11.6 Å². The highest BCUT2D eigenvalue weighted by Crippen LogP contribution is 2.17. The normalized spacial score (nSPS) is 10.9. The highest BCUT2D eigenvalue weighted by molar-refractivity contribution is 5.72. The molecule has 1 aromatic rings. The number of hydrogen-bond donors (Lipinski definition) is 0. The standard InChI is InChI=1S/C28H44F2O4/c1-2-3-4-5-6-7-8-11-14-17-20-33-27(31)18-15-12-9-10-13-16-19-28(32)34-26-22-24(29)21-25(30)23-26/h21-23H,2-20H2,1H3. The molecule has 6 heteroatoms. The summed E-state index contributed by atoms with van der Waals surface area (Å²) < 4.78 is 36.4. The van der Waals surface area contributed by atoms with Gasteiger partial charge in [0.25, 0.3) is 0 Å². The second-order valence-electron chi connectivity index (χ2n) is 9.10. The van der Waals surface area contributed by atoms with Crippen LogP contribution in [-0.4, -0.2) is 18.5 Å². The molecule has 0 bridgehead atoms. The molecule has 0 fully saturated rings. The molecule has 0 atom stereocenters. The predicted molar refractivity (Wildman–Crippen MR) is 132 cm³/mol. The first-order chi connectivity index (χ1) is 16.5. The number of esters is 2. The lowest BCUT2D eigenvalue weighted by molar-refractivity contribution is -0.144. The molecule has 0 aliphatic rings. The van der Waals surface area contributed by atoms with Crippen molar-refractivity contribution in [3.05, 3.63) is 29.8 Å². The van der Waals surface area contributed by atoms with E-state index in [1.54, 1.807) is 0 Å². The Morgan fingerprint density at radius 1 is 0.618 bits per heavy atom. The van der Waals surface area contributed by atoms with E-state index >= 15 is 0 Å². The molecule has 0 N–H and O–H groups in total. The van der Waals surface area contributed by atoms with E-state index in [9.17, 15) is 18.4 Å². The third-order valence-corrected chi connectivity index (χ3v) is 5.84. The second-order valence-corrected chi connectivity index (χ2v) is 9.10. The highest BCUT2D eigenvalue weighted by Gasteiger charge is 2.08. The molecule has 0 aliphatic carbocycles. The third-order valence-electron chi connectivity index (χ3n) is 5.84. The molecule has 1 aromatic carbocycles. The van der Waals surface area contributed by atoms with Crippen LogP contribution in [0.15, 0.2) is 18.2 Å². The fraction of sp³-hybridized carbons (Fsp3) is 0.714. The number of ether oxygens (including phenoxy) is 2. The lowest BCUT2D eigenvalue weighted by Gasteiger charge is -2.06. The van der Waals surface area contributed by atoms with E-state index in [0.29, 0.717) is 19.4 Å². The SMILES string of the molecule is CCCCCCCCCCCCOC(=O)CCCCCCCCC(=O)Oc1cc(F)cc(F)c1. The molecule has 1 rings (SSSR count). The number of carbonyl (C=O) groups excluding carboxylic acids is 2. The van der Waals surface area contributed by atoms with Crippen molar-refractivity contribution >= 4 is 11.9 Å². The van der Waals surface area contributed by atoms with Crippen LogP contribution in [0.1, 0.15) is 122 Å². The van der Waals surface area contributed by atoms with Crippen LogP contribution >= 0.6 is 0 Å². The molecule has 0 amide bonds. The van der Waals surface area contributed by atoms with Crippen molar-refractivity contribution < 1.29 is 27.8 Å². The minimum absolute atomic E-state index is 0.104. The zero-order valence-corrected chi connectivity index (χ0v) is 21.1. The molecule has 0 saturated carbocycles. The van der Waals surface area contributed by atoms with Crippen molar-refractivity contribution in [3.8, 4) is 5.75 Å². The van der Waals surface area contributed by atoms with Gasteiger partial charge in [-0.25, -0.2) is 8.78 Å². The molecular formula is C28H44F2O4. The largest absolute Gasteiger partial charge is 0.466 e. The second kappa shape index (κ2) is 20.4. The van der Waals surface area contributed by atoms with Crippen LogP contribution < -0.4 is 4.74 Å². The monoisotopic (exact) mass is 482 g/mol. The van der Waals surface area contributed by atoms with Gasteiger partial charge in [0.15, 0.2) is 0 Å². The topological polar surface area (TPSA) is 52.6 Å². The summed E-state index contributed by atoms with van der Waals surface area (Å²) in [6, 6.07) is 2.71. The van der Waals surface area contributed by atoms with Gasteiger partial charge in [-0.15, -0.1) is 0 Å². The molecule has 34 heavy (non-hydrogen) atoms. The van der Waals surface area contributed by atoms with Crippen molar-refractivity contribution in [2.45, 2.75) is 122 Å². The van der Waals surface area contributed by atoms with Crippen molar-refractivity contribution in [3.63, 3.8) is 0 Å². The van der Waals surface area contributed by atoms with E-state index in [2.05, 4.69) is 6.92 Å². The number of halogens is 2. The van der Waals surface area contributed by atoms with Gasteiger partial charge in [-0.05, 0) is 19.3 Å². The summed E-state index contributed by atoms with van der Waals surface area (Å²) in [5.74, 6) is -2.25. The van der Waals surface area contributed by atoms with Crippen LogP contribution in [0.4, 0.5) is 8.78 Å². The maximum absolute atomic E-state index is 13.1. The smallest absolute Gasteiger partial charge is 0.311 e. The molecule has 0 aromatic heterocycles. The van der Waals surface area contributed by atoms with E-state index in [-0.39, 0.29) is 18.1 Å². The van der Waals surface area contributed by atoms with Crippen LogP contribution in [-0.2, 0) is 14.3 Å². The van der Waals surface area contributed by atoms with E-state index in [1.807, 2.05) is 0 Å². The molecule has 4 nitrogen and oxygen atoms in total. The predicted octanol–water partition coefficient (Wildman–Crippen LogP) is 8.46. The molecule has 0 aliphatic heterocycles. The first kappa shape index (κ1) is 30.1. The Morgan fingerprint density at radius 3 is 1.59 bits per heavy atom. The summed E-state index contributed by atoms with van der Waals surface area (Å²) in [6.07, 6.45) is 18.6. The van der Waals surface area contributed by atoms with Gasteiger partial charge in [0, 0.05) is 31.0 Å². The lowest BCUT2D eigenvalue weighted by Crippen LogP contribution is -2.08. The Bertz CT molecular complexity index is 658. The van der Waals surface area contributed by atoms with Gasteiger partial charge in [0.2, 0.25) is 0 Å². The van der Waals surface area contributed by atoms with E-state index in [0.717, 1.165) is 63.1 Å². The van der Waals surface area contributed by atoms with E-state index in [4.69, 9.17) is 9.47 Å². The average Bonchev–Trinajstić information content (AvgIpc) is 2.78. The summed E-state index contributed by atoms with van der Waals surface area (Å²) >= 11 is 0. The molecule has 0 spiro atoms. The fourth-order valence-corrected chi connectivity index (χ4v) is 3.86. The van der Waals surface area contributed by atoms with Crippen molar-refractivity contribution in [2.75, 3.05) is 6.61 Å². The molecule has 194 valence electrons. The van der Waals surface area contributed by atoms with Crippen LogP contribution in [0.2, 0.25) is 0 Å². The van der Waals surface area contributed by atoms with Crippen molar-refractivity contribution in [1.29, 1.82) is 0 Å². The van der Waals surface area contributed by atoms with Gasteiger partial charge >= 0.3 is 11.9 Å². The summed E-state index contributed by atoms with van der Waals surface area (Å²) in [5.41, 5.74) is 0. The average molecular weight is 483 g/mol. The Morgan fingerprint density at radius 2 is 1.06 bits per heavy atom. The maximum atomic E-state index is 13.1. The van der Waals surface area contributed by atoms with Crippen molar-refractivity contribution in [1.82, 2.24) is 0 Å². The minimum Gasteiger partial charge on any atom is -0.466 e. The fourth-order valence-electron chi connectivity index (χ4n) is 3.86. The molecule has 0 radical (unpaired) electrons. The first-order valence-corrected chi connectivity index (χ1v) is 13.3. The third kappa shape index (κ3) is 17.5. The number of benzene rings is 1. The van der Waals surface area contributed by atoms with Crippen LogP contribution in [0.25, 0.3) is 0 Å². The Labute approximate surface area is 204 Å². The Hall–Kier alpha value is -1.98. The zero-order chi connectivity index (χ0) is 24.9. The van der Waals surface area contributed by atoms with E-state index in [1.165, 1.54) is 51.4 Å². The van der Waals surface area contributed by atoms with Gasteiger partial charge in [-0.2, -0.15) is 0 Å². The molecule has 0 unspecified atom stereocenters. The lowest BCUT2D eigenvalue weighted by atomic mass is 10.1. The quantitative estimate of drug-likeness (QED) is 0.100. The number of carbonyl (C=O) groups is 2. The molecular weight excluding hydrogens is 438 g/mol. The van der Waals surface area contributed by atoms with E-state index < -0.39 is 17.6 Å². The Balaban J connectivity index is 1.85. The zero-order valence-electron chi connectivity index (χ0n) is 21.1. The summed E-state index contributed by atoms with van der Waals surface area (Å²) in [7, 11) is 0. The Kier molecular flexibility index (Phi) is 18.0. The van der Waals surface area contributed by atoms with Crippen molar-refractivity contribution in [2.24, 2.45) is 0 Å². The number of rotatable bonds is 21. The maximum Gasteiger partial charge on any atom is 0.311 e. The number of hydrogen-bond acceptors (Lipinski definition) is 4. The summed E-state index contributed by atoms with van der Waals surface area (Å²) in [6.45, 7) is 2.78. The van der Waals surface area contributed by atoms with Gasteiger partial charge < -0.3 is 9.47 Å². The van der Waals surface area contributed by atoms with Gasteiger partial charge in [-0.1, -0.05) is 90.4 Å². The van der Waals surface area contributed by atoms with Crippen LogP contribution in [0.3, 0.4) is 0 Å². The molecule has 0 saturated heterocycles. The summed E-state index contributed by atoms with van der Waals surface area (Å²) in [4.78, 5) is 23.5. The van der Waals surface area contributed by atoms with Gasteiger partial charge in [0.1, 0.15) is 17.4 Å². The number of unbranched alkanes of at least 4 members (excludes halogenated alkanes) is 14. The van der Waals surface area contributed by atoms with Crippen LogP contribution in [0.5, 0.6) is 5.75 Å². The van der Waals surface area contributed by atoms with Gasteiger partial charge in [-0.3, -0.25) is 9.59 Å².